The molecule has 1 aromatic heterocycles. The van der Waals surface area contributed by atoms with Gasteiger partial charge in [-0.05, 0) is 31.5 Å². The van der Waals surface area contributed by atoms with Crippen molar-refractivity contribution < 1.29 is 4.74 Å². The van der Waals surface area contributed by atoms with Gasteiger partial charge in [0.05, 0.1) is 6.61 Å². The van der Waals surface area contributed by atoms with E-state index in [1.807, 2.05) is 32.0 Å². The van der Waals surface area contributed by atoms with Gasteiger partial charge in [0, 0.05) is 10.2 Å². The molecule has 0 saturated heterocycles. The van der Waals surface area contributed by atoms with Crippen LogP contribution in [0.5, 0.6) is 6.01 Å². The Morgan fingerprint density at radius 1 is 1.32 bits per heavy atom. The van der Waals surface area contributed by atoms with Crippen LogP contribution in [0.3, 0.4) is 0 Å². The molecule has 19 heavy (non-hydrogen) atoms. The molecule has 0 fully saturated rings. The summed E-state index contributed by atoms with van der Waals surface area (Å²) in [7, 11) is 0. The van der Waals surface area contributed by atoms with Gasteiger partial charge in [-0.1, -0.05) is 22.0 Å². The predicted octanol–water partition coefficient (Wildman–Crippen LogP) is 2.67. The van der Waals surface area contributed by atoms with Gasteiger partial charge in [0.2, 0.25) is 11.9 Å². The minimum absolute atomic E-state index is 0.118. The van der Waals surface area contributed by atoms with Crippen LogP contribution in [0.25, 0.3) is 0 Å². The van der Waals surface area contributed by atoms with E-state index >= 15 is 0 Å². The topological polar surface area (TPSA) is 86.0 Å². The summed E-state index contributed by atoms with van der Waals surface area (Å²) in [4.78, 5) is 12.0. The molecule has 7 heteroatoms. The first kappa shape index (κ1) is 13.5. The van der Waals surface area contributed by atoms with Gasteiger partial charge < -0.3 is 15.8 Å². The Kier molecular flexibility index (Phi) is 4.16. The van der Waals surface area contributed by atoms with Crippen molar-refractivity contribution >= 4 is 33.5 Å². The SMILES string of the molecule is CCOc1nc(N)nc(Nc2ccc(C)c(Br)c2)n1. The zero-order chi connectivity index (χ0) is 13.8. The largest absolute Gasteiger partial charge is 0.464 e. The molecule has 0 aliphatic carbocycles. The normalized spacial score (nSPS) is 10.3. The molecule has 0 unspecified atom stereocenters. The van der Waals surface area contributed by atoms with Crippen molar-refractivity contribution in [1.82, 2.24) is 15.0 Å². The second-order valence-electron chi connectivity index (χ2n) is 3.82. The van der Waals surface area contributed by atoms with Gasteiger partial charge in [-0.25, -0.2) is 0 Å². The molecule has 0 bridgehead atoms. The number of benzene rings is 1. The van der Waals surface area contributed by atoms with E-state index in [1.165, 1.54) is 0 Å². The highest BCUT2D eigenvalue weighted by Crippen LogP contribution is 2.23. The Hall–Kier alpha value is -1.89. The van der Waals surface area contributed by atoms with Crippen LogP contribution in [0, 0.1) is 6.92 Å². The third-order valence-electron chi connectivity index (χ3n) is 2.33. The van der Waals surface area contributed by atoms with Crippen molar-refractivity contribution in [3.63, 3.8) is 0 Å². The maximum absolute atomic E-state index is 5.61. The zero-order valence-corrected chi connectivity index (χ0v) is 12.2. The molecule has 2 rings (SSSR count). The number of nitrogens with zero attached hydrogens (tertiary/aromatic N) is 3. The highest BCUT2D eigenvalue weighted by molar-refractivity contribution is 9.10. The average Bonchev–Trinajstić information content (AvgIpc) is 2.33. The smallest absolute Gasteiger partial charge is 0.323 e. The quantitative estimate of drug-likeness (QED) is 0.899. The van der Waals surface area contributed by atoms with Gasteiger partial charge in [-0.3, -0.25) is 0 Å². The van der Waals surface area contributed by atoms with Crippen LogP contribution < -0.4 is 15.8 Å². The molecule has 0 aliphatic rings. The van der Waals surface area contributed by atoms with E-state index in [4.69, 9.17) is 10.5 Å². The van der Waals surface area contributed by atoms with Crippen molar-refractivity contribution in [2.45, 2.75) is 13.8 Å². The van der Waals surface area contributed by atoms with Crippen LogP contribution in [0.2, 0.25) is 0 Å². The number of aromatic nitrogens is 3. The standard InChI is InChI=1S/C12H14BrN5O/c1-3-19-12-17-10(14)16-11(18-12)15-8-5-4-7(2)9(13)6-8/h4-6H,3H2,1-2H3,(H3,14,15,16,17,18). The molecular weight excluding hydrogens is 310 g/mol. The molecule has 0 atom stereocenters. The summed E-state index contributed by atoms with van der Waals surface area (Å²) < 4.78 is 6.22. The highest BCUT2D eigenvalue weighted by Gasteiger charge is 2.06. The van der Waals surface area contributed by atoms with Crippen molar-refractivity contribution in [1.29, 1.82) is 0 Å². The number of nitrogen functional groups attached to an aromatic ring is 1. The Bertz CT molecular complexity index is 590. The second kappa shape index (κ2) is 5.83. The van der Waals surface area contributed by atoms with Crippen LogP contribution in [-0.4, -0.2) is 21.6 Å². The summed E-state index contributed by atoms with van der Waals surface area (Å²) in [5, 5.41) is 3.06. The number of aryl methyl sites for hydroxylation is 1. The van der Waals surface area contributed by atoms with Crippen LogP contribution in [0.15, 0.2) is 22.7 Å². The molecule has 0 aliphatic heterocycles. The van der Waals surface area contributed by atoms with E-state index in [0.717, 1.165) is 15.7 Å². The maximum Gasteiger partial charge on any atom is 0.323 e. The van der Waals surface area contributed by atoms with E-state index in [2.05, 4.69) is 36.2 Å². The molecule has 100 valence electrons. The lowest BCUT2D eigenvalue weighted by atomic mass is 10.2. The minimum atomic E-state index is 0.118. The number of nitrogens with one attached hydrogen (secondary N) is 1. The monoisotopic (exact) mass is 323 g/mol. The fourth-order valence-electron chi connectivity index (χ4n) is 1.42. The summed E-state index contributed by atoms with van der Waals surface area (Å²) >= 11 is 3.47. The average molecular weight is 324 g/mol. The lowest BCUT2D eigenvalue weighted by Crippen LogP contribution is -2.06. The van der Waals surface area contributed by atoms with E-state index in [1.54, 1.807) is 0 Å². The van der Waals surface area contributed by atoms with E-state index in [-0.39, 0.29) is 12.0 Å². The number of nitrogens with two attached hydrogens (primary N) is 1. The van der Waals surface area contributed by atoms with Crippen LogP contribution >= 0.6 is 15.9 Å². The summed E-state index contributed by atoms with van der Waals surface area (Å²) in [6, 6.07) is 6.07. The van der Waals surface area contributed by atoms with Gasteiger partial charge in [-0.15, -0.1) is 0 Å². The molecule has 1 aromatic carbocycles. The lowest BCUT2D eigenvalue weighted by molar-refractivity contribution is 0.312. The van der Waals surface area contributed by atoms with E-state index in [0.29, 0.717) is 12.6 Å². The molecule has 0 saturated carbocycles. The number of hydrogen-bond donors (Lipinski definition) is 2. The van der Waals surface area contributed by atoms with E-state index in [9.17, 15) is 0 Å². The predicted molar refractivity (Wildman–Crippen MR) is 77.6 cm³/mol. The first-order valence-electron chi connectivity index (χ1n) is 5.76. The first-order valence-corrected chi connectivity index (χ1v) is 6.55. The Morgan fingerprint density at radius 3 is 2.79 bits per heavy atom. The number of ether oxygens (including phenoxy) is 1. The summed E-state index contributed by atoms with van der Waals surface area (Å²) in [5.41, 5.74) is 7.61. The van der Waals surface area contributed by atoms with Crippen molar-refractivity contribution in [3.8, 4) is 6.01 Å². The number of halogens is 1. The van der Waals surface area contributed by atoms with Gasteiger partial charge in [0.25, 0.3) is 0 Å². The molecule has 3 N–H and O–H groups in total. The van der Waals surface area contributed by atoms with Crippen molar-refractivity contribution in [3.05, 3.63) is 28.2 Å². The fourth-order valence-corrected chi connectivity index (χ4v) is 1.80. The molecular formula is C12H14BrN5O. The number of hydrogen-bond acceptors (Lipinski definition) is 6. The summed E-state index contributed by atoms with van der Waals surface area (Å²) in [5.74, 6) is 0.471. The third kappa shape index (κ3) is 3.54. The first-order chi connectivity index (χ1) is 9.08. The van der Waals surface area contributed by atoms with E-state index < -0.39 is 0 Å². The Morgan fingerprint density at radius 2 is 2.11 bits per heavy atom. The maximum atomic E-state index is 5.61. The highest BCUT2D eigenvalue weighted by atomic mass is 79.9. The fraction of sp³-hybridized carbons (Fsp3) is 0.250. The van der Waals surface area contributed by atoms with Gasteiger partial charge >= 0.3 is 6.01 Å². The minimum Gasteiger partial charge on any atom is -0.464 e. The summed E-state index contributed by atoms with van der Waals surface area (Å²) in [6.45, 7) is 4.34. The van der Waals surface area contributed by atoms with Gasteiger partial charge in [0.1, 0.15) is 0 Å². The number of anilines is 3. The number of rotatable bonds is 4. The van der Waals surface area contributed by atoms with Crippen LogP contribution in [0.1, 0.15) is 12.5 Å². The van der Waals surface area contributed by atoms with Crippen molar-refractivity contribution in [2.24, 2.45) is 0 Å². The molecule has 2 aromatic rings. The van der Waals surface area contributed by atoms with Crippen LogP contribution in [-0.2, 0) is 0 Å². The molecule has 0 spiro atoms. The molecule has 6 nitrogen and oxygen atoms in total. The molecule has 0 amide bonds. The second-order valence-corrected chi connectivity index (χ2v) is 4.68. The summed E-state index contributed by atoms with van der Waals surface area (Å²) in [6.07, 6.45) is 0. The van der Waals surface area contributed by atoms with Crippen LogP contribution in [0.4, 0.5) is 17.6 Å². The zero-order valence-electron chi connectivity index (χ0n) is 10.6. The third-order valence-corrected chi connectivity index (χ3v) is 3.19. The Balaban J connectivity index is 2.24. The molecule has 0 radical (unpaired) electrons. The van der Waals surface area contributed by atoms with Gasteiger partial charge in [0.15, 0.2) is 0 Å². The van der Waals surface area contributed by atoms with Crippen molar-refractivity contribution in [2.75, 3.05) is 17.7 Å². The molecule has 1 heterocycles. The lowest BCUT2D eigenvalue weighted by Gasteiger charge is -2.08. The Labute approximate surface area is 119 Å². The van der Waals surface area contributed by atoms with Gasteiger partial charge in [-0.2, -0.15) is 15.0 Å².